The second kappa shape index (κ2) is 5.59. The number of hydrogen-bond donors (Lipinski definition) is 0. The van der Waals surface area contributed by atoms with Crippen molar-refractivity contribution in [2.45, 2.75) is 63.3 Å². The molecule has 1 aromatic rings. The Morgan fingerprint density at radius 2 is 1.55 bits per heavy atom. The molecule has 0 radical (unpaired) electrons. The molecule has 0 aromatic heterocycles. The molecule has 1 aromatic carbocycles. The van der Waals surface area contributed by atoms with Gasteiger partial charge in [0.2, 0.25) is 0 Å². The Balaban J connectivity index is 1.56. The first-order chi connectivity index (χ1) is 10.5. The van der Waals surface area contributed by atoms with E-state index in [1.54, 1.807) is 0 Å². The van der Waals surface area contributed by atoms with Gasteiger partial charge in [0.15, 0.2) is 0 Å². The molecular weight excluding hydrogens is 350 g/mol. The maximum absolute atomic E-state index is 5.40. The van der Waals surface area contributed by atoms with Crippen LogP contribution >= 0.6 is 0 Å². The molecule has 0 atom stereocenters. The van der Waals surface area contributed by atoms with Crippen molar-refractivity contribution in [3.8, 4) is 0 Å². The minimum absolute atomic E-state index is 0.176. The predicted octanol–water partition coefficient (Wildman–Crippen LogP) is 5.00. The standard InChI is InChI=1S/C10H15N.C10H12.Mo/c11-10-4-7-1-8(5-10)3-9(2-7)6-10;1-10(2,3)9-7-5-4-6-8-9;/h7-9H,1-6H2;1,4-8H,2-3H3;/q;;+2. The van der Waals surface area contributed by atoms with Gasteiger partial charge < -0.3 is 0 Å². The zero-order chi connectivity index (χ0) is 15.2. The van der Waals surface area contributed by atoms with Crippen LogP contribution in [-0.2, 0) is 23.3 Å². The first-order valence-corrected chi connectivity index (χ1v) is 10.9. The van der Waals surface area contributed by atoms with Crippen LogP contribution in [0.4, 0.5) is 0 Å². The van der Waals surface area contributed by atoms with E-state index in [1.165, 1.54) is 44.1 Å². The first kappa shape index (κ1) is 15.1. The summed E-state index contributed by atoms with van der Waals surface area (Å²) >= 11 is -0.353. The number of rotatable bonds is 3. The fourth-order valence-corrected chi connectivity index (χ4v) is 7.59. The fourth-order valence-electron chi connectivity index (χ4n) is 5.38. The second-order valence-electron chi connectivity index (χ2n) is 8.54. The number of nitrogens with zero attached hydrogens (tertiary/aromatic N) is 1. The van der Waals surface area contributed by atoms with Gasteiger partial charge in [-0.1, -0.05) is 0 Å². The zero-order valence-corrected chi connectivity index (χ0v) is 15.8. The third-order valence-electron chi connectivity index (χ3n) is 6.12. The van der Waals surface area contributed by atoms with Gasteiger partial charge in [-0.25, -0.2) is 0 Å². The Kier molecular flexibility index (Phi) is 3.84. The van der Waals surface area contributed by atoms with E-state index in [1.807, 2.05) is 0 Å². The first-order valence-electron chi connectivity index (χ1n) is 8.83. The molecule has 0 N–H and O–H groups in total. The van der Waals surface area contributed by atoms with Crippen molar-refractivity contribution in [1.29, 1.82) is 0 Å². The third-order valence-corrected chi connectivity index (χ3v) is 9.04. The van der Waals surface area contributed by atoms with E-state index in [0.717, 1.165) is 17.8 Å². The molecule has 0 saturated heterocycles. The summed E-state index contributed by atoms with van der Waals surface area (Å²) in [7, 11) is 0. The van der Waals surface area contributed by atoms with Gasteiger partial charge in [0.1, 0.15) is 0 Å². The van der Waals surface area contributed by atoms with Crippen molar-refractivity contribution in [2.75, 3.05) is 0 Å². The van der Waals surface area contributed by atoms with Gasteiger partial charge in [-0.05, 0) is 0 Å². The van der Waals surface area contributed by atoms with E-state index in [4.69, 9.17) is 3.50 Å². The monoisotopic (exact) mass is 379 g/mol. The van der Waals surface area contributed by atoms with Crippen LogP contribution in [-0.4, -0.2) is 9.94 Å². The summed E-state index contributed by atoms with van der Waals surface area (Å²) in [5.74, 6) is 3.05. The molecule has 4 saturated carbocycles. The molecule has 4 bridgehead atoms. The van der Waals surface area contributed by atoms with Crippen LogP contribution in [0.3, 0.4) is 0 Å². The molecule has 116 valence electrons. The average Bonchev–Trinajstić information content (AvgIpc) is 2.46. The normalized spacial score (nSPS) is 36.0. The molecule has 4 fully saturated rings. The third kappa shape index (κ3) is 2.86. The molecule has 0 aliphatic heterocycles. The summed E-state index contributed by atoms with van der Waals surface area (Å²) < 4.78 is 7.96. The Hall–Kier alpha value is -0.422. The van der Waals surface area contributed by atoms with E-state index in [2.05, 4.69) is 48.6 Å². The van der Waals surface area contributed by atoms with Crippen LogP contribution in [0.25, 0.3) is 0 Å². The van der Waals surface area contributed by atoms with Gasteiger partial charge >= 0.3 is 143 Å². The van der Waals surface area contributed by atoms with Crippen LogP contribution in [0.2, 0.25) is 0 Å². The van der Waals surface area contributed by atoms with Crippen LogP contribution in [0.5, 0.6) is 0 Å². The van der Waals surface area contributed by atoms with E-state index >= 15 is 0 Å². The molecule has 22 heavy (non-hydrogen) atoms. The summed E-state index contributed by atoms with van der Waals surface area (Å²) in [6.45, 7) is 4.70. The molecule has 4 aliphatic carbocycles. The van der Waals surface area contributed by atoms with Crippen LogP contribution < -0.4 is 0 Å². The molecule has 1 nitrogen and oxygen atoms in total. The van der Waals surface area contributed by atoms with Gasteiger partial charge in [0.25, 0.3) is 0 Å². The SMILES string of the molecule is CC(C)([CH]=[Mo+2]=[N]C12CC3CC(CC(C3)C1)C2)c1ccccc1. The Labute approximate surface area is 142 Å². The molecule has 4 aliphatic rings. The van der Waals surface area contributed by atoms with Crippen molar-refractivity contribution in [1.82, 2.24) is 0 Å². The summed E-state index contributed by atoms with van der Waals surface area (Å²) in [6.07, 6.45) is 8.83. The van der Waals surface area contributed by atoms with Crippen LogP contribution in [0, 0.1) is 17.8 Å². The quantitative estimate of drug-likeness (QED) is 0.658. The van der Waals surface area contributed by atoms with Crippen LogP contribution in [0.15, 0.2) is 33.8 Å². The summed E-state index contributed by atoms with van der Waals surface area (Å²) in [4.78, 5) is 0. The van der Waals surface area contributed by atoms with Gasteiger partial charge in [-0.2, -0.15) is 0 Å². The molecule has 5 rings (SSSR count). The summed E-state index contributed by atoms with van der Waals surface area (Å²) in [5, 5.41) is 0. The Bertz CT molecular complexity index is 575. The van der Waals surface area contributed by atoms with E-state index in [-0.39, 0.29) is 23.3 Å². The Morgan fingerprint density at radius 3 is 2.09 bits per heavy atom. The predicted molar refractivity (Wildman–Crippen MR) is 88.9 cm³/mol. The van der Waals surface area contributed by atoms with Gasteiger partial charge in [0, 0.05) is 0 Å². The molecule has 0 unspecified atom stereocenters. The molecule has 0 amide bonds. The fraction of sp³-hybridized carbons (Fsp3) is 0.650. The van der Waals surface area contributed by atoms with Gasteiger partial charge in [-0.3, -0.25) is 0 Å². The Morgan fingerprint density at radius 1 is 1.00 bits per heavy atom. The zero-order valence-electron chi connectivity index (χ0n) is 13.8. The average molecular weight is 377 g/mol. The van der Waals surface area contributed by atoms with Crippen molar-refractivity contribution in [3.05, 3.63) is 35.9 Å². The van der Waals surface area contributed by atoms with Gasteiger partial charge in [-0.15, -0.1) is 0 Å². The second-order valence-corrected chi connectivity index (χ2v) is 10.1. The molecular formula is C20H27MoN+2. The van der Waals surface area contributed by atoms with Crippen LogP contribution in [0.1, 0.15) is 57.9 Å². The van der Waals surface area contributed by atoms with E-state index < -0.39 is 0 Å². The topological polar surface area (TPSA) is 12.4 Å². The number of hydrogen-bond acceptors (Lipinski definition) is 1. The van der Waals surface area contributed by atoms with E-state index in [0.29, 0.717) is 5.54 Å². The van der Waals surface area contributed by atoms with Gasteiger partial charge in [0.05, 0.1) is 0 Å². The molecule has 0 spiro atoms. The van der Waals surface area contributed by atoms with Crippen molar-refractivity contribution in [2.24, 2.45) is 21.2 Å². The molecule has 0 heterocycles. The van der Waals surface area contributed by atoms with Crippen molar-refractivity contribution < 1.29 is 17.9 Å². The minimum atomic E-state index is -0.353. The van der Waals surface area contributed by atoms with Crippen molar-refractivity contribution in [3.63, 3.8) is 0 Å². The van der Waals surface area contributed by atoms with Crippen molar-refractivity contribution >= 4 is 4.40 Å². The molecule has 2 heteroatoms. The van der Waals surface area contributed by atoms with E-state index in [9.17, 15) is 0 Å². The maximum atomic E-state index is 5.40. The number of benzene rings is 1. The summed E-state index contributed by atoms with van der Waals surface area (Å²) in [5.41, 5.74) is 2.02. The summed E-state index contributed by atoms with van der Waals surface area (Å²) in [6, 6.07) is 10.9.